The van der Waals surface area contributed by atoms with Crippen LogP contribution in [0.4, 0.5) is 11.4 Å². The number of hydrogen-bond donors (Lipinski definition) is 0. The fourth-order valence-corrected chi connectivity index (χ4v) is 8.38. The fraction of sp³-hybridized carbons (Fsp3) is 0.109. The van der Waals surface area contributed by atoms with Crippen LogP contribution in [0.5, 0.6) is 23.0 Å². The SMILES string of the molecule is COc1ccc(C2=NC(c3cc([N+](=O)[O-])ccc3Cl)(n3c(-c4cc([N+](=O)[O-])ccc4Cl)nc(-c4ccccc4Cl)c3-c3ccc(OC)c(OC)c3)N=C2c2ccccc2Cl)cc1OC. The Balaban J connectivity index is 1.66. The van der Waals surface area contributed by atoms with Gasteiger partial charge < -0.3 is 18.9 Å². The molecular weight excluding hydrogens is 906 g/mol. The van der Waals surface area contributed by atoms with Gasteiger partial charge in [-0.3, -0.25) is 24.8 Å². The highest BCUT2D eigenvalue weighted by Gasteiger charge is 2.48. The van der Waals surface area contributed by atoms with Crippen LogP contribution in [-0.4, -0.2) is 59.3 Å². The molecule has 14 nitrogen and oxygen atoms in total. The molecule has 0 radical (unpaired) electrons. The van der Waals surface area contributed by atoms with Gasteiger partial charge in [-0.1, -0.05) is 82.8 Å². The first kappa shape index (κ1) is 43.7. The molecule has 0 bridgehead atoms. The molecule has 2 heterocycles. The number of ether oxygens (including phenoxy) is 4. The molecule has 1 unspecified atom stereocenters. The van der Waals surface area contributed by atoms with E-state index in [0.717, 1.165) is 0 Å². The molecule has 0 aliphatic carbocycles. The summed E-state index contributed by atoms with van der Waals surface area (Å²) in [6.07, 6.45) is 0. The smallest absolute Gasteiger partial charge is 0.270 e. The van der Waals surface area contributed by atoms with Crippen LogP contribution < -0.4 is 18.9 Å². The monoisotopic (exact) mass is 936 g/mol. The maximum atomic E-state index is 12.7. The lowest BCUT2D eigenvalue weighted by Gasteiger charge is -2.30. The van der Waals surface area contributed by atoms with Gasteiger partial charge in [0, 0.05) is 57.6 Å². The number of hydrogen-bond acceptors (Lipinski definition) is 11. The third-order valence-electron chi connectivity index (χ3n) is 10.4. The Morgan fingerprint density at radius 3 is 1.61 bits per heavy atom. The van der Waals surface area contributed by atoms with E-state index < -0.39 is 15.6 Å². The molecule has 0 fully saturated rings. The summed E-state index contributed by atoms with van der Waals surface area (Å²) in [6, 6.07) is 31.9. The minimum absolute atomic E-state index is 0.00696. The number of benzene rings is 6. The van der Waals surface area contributed by atoms with E-state index in [4.69, 9.17) is 80.3 Å². The van der Waals surface area contributed by atoms with Crippen LogP contribution in [0, 0.1) is 20.2 Å². The van der Waals surface area contributed by atoms with Gasteiger partial charge in [0.1, 0.15) is 5.82 Å². The van der Waals surface area contributed by atoms with Crippen LogP contribution in [0.25, 0.3) is 33.9 Å². The van der Waals surface area contributed by atoms with Crippen LogP contribution in [-0.2, 0) is 5.79 Å². The highest BCUT2D eigenvalue weighted by atomic mass is 35.5. The lowest BCUT2D eigenvalue weighted by molar-refractivity contribution is -0.385. The van der Waals surface area contributed by atoms with Gasteiger partial charge in [-0.25, -0.2) is 15.0 Å². The molecule has 18 heteroatoms. The Hall–Kier alpha value is -6.97. The van der Waals surface area contributed by atoms with Crippen molar-refractivity contribution in [1.82, 2.24) is 9.55 Å². The number of halogens is 4. The zero-order valence-corrected chi connectivity index (χ0v) is 37.0. The predicted molar refractivity (Wildman–Crippen MR) is 248 cm³/mol. The van der Waals surface area contributed by atoms with Gasteiger partial charge in [-0.15, -0.1) is 0 Å². The number of aromatic nitrogens is 2. The molecule has 1 atom stereocenters. The van der Waals surface area contributed by atoms with E-state index in [-0.39, 0.29) is 66.2 Å². The number of nitro groups is 2. The quantitative estimate of drug-likeness (QED) is 0.0807. The van der Waals surface area contributed by atoms with Crippen LogP contribution in [0.3, 0.4) is 0 Å². The molecule has 0 amide bonds. The standard InChI is InChI=1S/C46H32Cl4N6O8/c1-61-37-19-13-25(21-39(37)63-3)41-42(29-9-5-7-11-33(29)47)53-46(52-41,32-24-28(56(59)60)16-18-36(32)50)54-44(26-14-20-38(62-2)40(22-26)64-4)43(30-10-6-8-12-34(30)48)51-45(54)31-23-27(55(57)58)15-17-35(31)49/h5-24H,1-4H3. The van der Waals surface area contributed by atoms with Crippen molar-refractivity contribution in [3.8, 4) is 56.9 Å². The van der Waals surface area contributed by atoms with Gasteiger partial charge >= 0.3 is 0 Å². The molecule has 0 saturated heterocycles. The Morgan fingerprint density at radius 1 is 0.531 bits per heavy atom. The van der Waals surface area contributed by atoms with E-state index in [9.17, 15) is 20.2 Å². The fourth-order valence-electron chi connectivity index (χ4n) is 7.49. The summed E-state index contributed by atoms with van der Waals surface area (Å²) in [4.78, 5) is 40.1. The van der Waals surface area contributed by atoms with Crippen molar-refractivity contribution < 1.29 is 28.8 Å². The average molecular weight is 939 g/mol. The number of imidazole rings is 1. The van der Waals surface area contributed by atoms with Gasteiger partial charge in [0.25, 0.3) is 17.2 Å². The summed E-state index contributed by atoms with van der Waals surface area (Å²) in [7, 11) is 5.96. The number of rotatable bonds is 13. The number of non-ortho nitro benzene ring substituents is 2. The van der Waals surface area contributed by atoms with E-state index in [2.05, 4.69) is 0 Å². The minimum Gasteiger partial charge on any atom is -0.493 e. The van der Waals surface area contributed by atoms with E-state index in [1.54, 1.807) is 89.5 Å². The molecule has 1 aliphatic rings. The third kappa shape index (κ3) is 7.64. The molecule has 7 aromatic rings. The Morgan fingerprint density at radius 2 is 1.03 bits per heavy atom. The van der Waals surface area contributed by atoms with Crippen molar-refractivity contribution in [2.24, 2.45) is 9.98 Å². The predicted octanol–water partition coefficient (Wildman–Crippen LogP) is 12.0. The third-order valence-corrected chi connectivity index (χ3v) is 11.8. The molecule has 8 rings (SSSR count). The van der Waals surface area contributed by atoms with Gasteiger partial charge in [-0.2, -0.15) is 0 Å². The zero-order valence-electron chi connectivity index (χ0n) is 34.0. The van der Waals surface area contributed by atoms with Crippen molar-refractivity contribution in [2.45, 2.75) is 5.79 Å². The summed E-state index contributed by atoms with van der Waals surface area (Å²) >= 11 is 28.3. The van der Waals surface area contributed by atoms with Gasteiger partial charge in [-0.05, 0) is 60.7 Å². The number of nitro benzene ring substituents is 2. The molecule has 1 aromatic heterocycles. The minimum atomic E-state index is -2.21. The Kier molecular flexibility index (Phi) is 12.0. The molecule has 322 valence electrons. The first-order valence-corrected chi connectivity index (χ1v) is 20.5. The van der Waals surface area contributed by atoms with Crippen molar-refractivity contribution in [3.63, 3.8) is 0 Å². The largest absolute Gasteiger partial charge is 0.493 e. The van der Waals surface area contributed by atoms with E-state index in [1.165, 1.54) is 64.8 Å². The van der Waals surface area contributed by atoms with E-state index in [1.807, 2.05) is 0 Å². The first-order chi connectivity index (χ1) is 30.8. The highest BCUT2D eigenvalue weighted by Crippen LogP contribution is 2.51. The second-order valence-electron chi connectivity index (χ2n) is 14.0. The second kappa shape index (κ2) is 17.7. The molecule has 0 spiro atoms. The first-order valence-electron chi connectivity index (χ1n) is 19.0. The molecule has 6 aromatic carbocycles. The lowest BCUT2D eigenvalue weighted by Crippen LogP contribution is -2.32. The number of aliphatic imine (C=N–C) groups is 2. The zero-order chi connectivity index (χ0) is 45.4. The Bertz CT molecular complexity index is 3100. The molecule has 0 N–H and O–H groups in total. The molecule has 0 saturated carbocycles. The second-order valence-corrected chi connectivity index (χ2v) is 15.6. The average Bonchev–Trinajstić information content (AvgIpc) is 3.90. The summed E-state index contributed by atoms with van der Waals surface area (Å²) in [6.45, 7) is 0. The normalized spacial score (nSPS) is 14.4. The summed E-state index contributed by atoms with van der Waals surface area (Å²) in [5.41, 5.74) is 2.12. The van der Waals surface area contributed by atoms with Crippen molar-refractivity contribution in [1.29, 1.82) is 0 Å². The number of nitrogens with zero attached hydrogens (tertiary/aromatic N) is 6. The van der Waals surface area contributed by atoms with Crippen molar-refractivity contribution in [3.05, 3.63) is 178 Å². The molecule has 1 aliphatic heterocycles. The molecular formula is C46H32Cl4N6O8. The van der Waals surface area contributed by atoms with Crippen molar-refractivity contribution >= 4 is 69.2 Å². The van der Waals surface area contributed by atoms with E-state index >= 15 is 0 Å². The van der Waals surface area contributed by atoms with Crippen LogP contribution in [0.15, 0.2) is 131 Å². The van der Waals surface area contributed by atoms with Crippen LogP contribution in [0.2, 0.25) is 20.1 Å². The summed E-state index contributed by atoms with van der Waals surface area (Å²) in [5, 5.41) is 25.7. The molecule has 64 heavy (non-hydrogen) atoms. The maximum Gasteiger partial charge on any atom is 0.270 e. The Labute approximate surface area is 385 Å². The summed E-state index contributed by atoms with van der Waals surface area (Å²) < 4.78 is 24.3. The van der Waals surface area contributed by atoms with E-state index in [0.29, 0.717) is 50.3 Å². The van der Waals surface area contributed by atoms with Gasteiger partial charge in [0.15, 0.2) is 23.0 Å². The van der Waals surface area contributed by atoms with Crippen molar-refractivity contribution in [2.75, 3.05) is 28.4 Å². The van der Waals surface area contributed by atoms with Crippen LogP contribution in [0.1, 0.15) is 16.7 Å². The summed E-state index contributed by atoms with van der Waals surface area (Å²) in [5.74, 6) is -0.744. The number of methoxy groups -OCH3 is 4. The van der Waals surface area contributed by atoms with Gasteiger partial charge in [0.2, 0.25) is 0 Å². The van der Waals surface area contributed by atoms with Gasteiger partial charge in [0.05, 0.1) is 81.2 Å². The lowest BCUT2D eigenvalue weighted by atomic mass is 9.99. The highest BCUT2D eigenvalue weighted by molar-refractivity contribution is 6.56. The topological polar surface area (TPSA) is 166 Å². The maximum absolute atomic E-state index is 12.7. The van der Waals surface area contributed by atoms with Crippen LogP contribution >= 0.6 is 46.4 Å².